The van der Waals surface area contributed by atoms with Crippen molar-refractivity contribution in [3.63, 3.8) is 0 Å². The molecule has 0 aromatic heterocycles. The van der Waals surface area contributed by atoms with E-state index >= 15 is 0 Å². The van der Waals surface area contributed by atoms with E-state index in [1.165, 1.54) is 277 Å². The Labute approximate surface area is 784 Å². The van der Waals surface area contributed by atoms with Gasteiger partial charge in [0.15, 0.2) is 0 Å². The standard InChI is InChI=1S/C128H103IN2/c1-77-47-61-110-104(65-77)99-58-45-78(2)66-115(99)127(110)109-37-16-10-32-103(109)123-113(127)39-22-43-120(123)131(121-44-20-33-101-97-30-8-14-35-107(97)126(124(101)121)89-26-19-25-87-72-91(126)74-88(87)73-89)118-41-18-12-28-95(118)86-55-53-84(54-56-86)83-51-48-80(49-52-83)68-81-50-62-111-105(71-81)100-59-46-79(3)67-116(100)128(111)108-36-15-9-31-102(108)122-112(128)38-21-42-119(122)130(117-40-17-11-27-94(117)85-23-5-4-6-24-85)93-57-60-98-96-29-7-13-34-106(96)125(114(98)76-93)64-63-82-69-90(125)75-92(129)70-82/h4-10,12-18,20-24,28-62,65-67,71,76,82,87-92H,11,19,25-27,63-64,68-70,72-75H2,1-3H3. The van der Waals surface area contributed by atoms with Gasteiger partial charge in [0.25, 0.3) is 0 Å². The minimum atomic E-state index is -0.555. The Morgan fingerprint density at radius 2 is 0.840 bits per heavy atom. The molecule has 0 heterocycles. The highest BCUT2D eigenvalue weighted by Gasteiger charge is 2.63. The normalized spacial score (nSPS) is 24.1. The van der Waals surface area contributed by atoms with Crippen LogP contribution in [0.15, 0.2) is 364 Å². The first-order valence-corrected chi connectivity index (χ1v) is 50.2. The van der Waals surface area contributed by atoms with Crippen molar-refractivity contribution in [2.24, 2.45) is 35.5 Å². The lowest BCUT2D eigenvalue weighted by Gasteiger charge is -2.50. The van der Waals surface area contributed by atoms with Crippen LogP contribution in [0.1, 0.15) is 184 Å². The fourth-order valence-corrected chi connectivity index (χ4v) is 31.4. The van der Waals surface area contributed by atoms with Crippen LogP contribution in [0.25, 0.3) is 94.6 Å². The highest BCUT2D eigenvalue weighted by molar-refractivity contribution is 14.1. The predicted octanol–water partition coefficient (Wildman–Crippen LogP) is 33.0. The third-order valence-corrected chi connectivity index (χ3v) is 36.0. The average Bonchev–Trinajstić information content (AvgIpc) is 1.50. The molecule has 5 saturated carbocycles. The molecular weight excluding hydrogens is 1690 g/mol. The van der Waals surface area contributed by atoms with Crippen molar-refractivity contribution in [1.82, 2.24) is 0 Å². The monoisotopic (exact) mass is 1790 g/mol. The maximum atomic E-state index is 2.81. The lowest BCUT2D eigenvalue weighted by atomic mass is 9.55. The maximum Gasteiger partial charge on any atom is 0.0726 e. The first-order valence-electron chi connectivity index (χ1n) is 48.9. The zero-order valence-electron chi connectivity index (χ0n) is 74.8. The highest BCUT2D eigenvalue weighted by atomic mass is 127. The molecule has 12 aliphatic carbocycles. The molecule has 2 nitrogen and oxygen atoms in total. The van der Waals surface area contributed by atoms with E-state index in [9.17, 15) is 0 Å². The molecule has 28 rings (SSSR count). The lowest BCUT2D eigenvalue weighted by Crippen LogP contribution is -2.45. The van der Waals surface area contributed by atoms with Crippen molar-refractivity contribution >= 4 is 56.6 Å². The number of halogens is 1. The fraction of sp³-hybridized carbons (Fsp3) is 0.219. The van der Waals surface area contributed by atoms with Crippen molar-refractivity contribution in [3.8, 4) is 89.0 Å². The molecule has 131 heavy (non-hydrogen) atoms. The number of alkyl halides is 1. The molecule has 11 atom stereocenters. The summed E-state index contributed by atoms with van der Waals surface area (Å²) in [5, 5.41) is 0. The molecule has 3 heteroatoms. The molecule has 16 aromatic carbocycles. The second-order valence-electron chi connectivity index (χ2n) is 41.1. The van der Waals surface area contributed by atoms with Crippen LogP contribution >= 0.6 is 22.6 Å². The second kappa shape index (κ2) is 28.9. The van der Waals surface area contributed by atoms with Crippen molar-refractivity contribution in [2.75, 3.05) is 9.80 Å². The van der Waals surface area contributed by atoms with E-state index in [-0.39, 0.29) is 10.8 Å². The van der Waals surface area contributed by atoms with Crippen LogP contribution in [0.5, 0.6) is 0 Å². The van der Waals surface area contributed by atoms with Crippen LogP contribution in [0, 0.1) is 56.3 Å². The minimum absolute atomic E-state index is 0.0192. The summed E-state index contributed by atoms with van der Waals surface area (Å²) in [5.41, 5.74) is 54.0. The topological polar surface area (TPSA) is 6.48 Å². The first-order chi connectivity index (χ1) is 64.5. The van der Waals surface area contributed by atoms with Gasteiger partial charge in [-0.15, -0.1) is 0 Å². The van der Waals surface area contributed by atoms with Gasteiger partial charge in [-0.3, -0.25) is 0 Å². The Balaban J connectivity index is 0.544. The summed E-state index contributed by atoms with van der Waals surface area (Å²) in [6, 6.07) is 138. The number of allylic oxidation sites excluding steroid dienone is 3. The van der Waals surface area contributed by atoms with Gasteiger partial charge in [0.2, 0.25) is 0 Å². The molecule has 0 saturated heterocycles. The summed E-state index contributed by atoms with van der Waals surface area (Å²) in [4.78, 5) is 5.53. The van der Waals surface area contributed by atoms with Gasteiger partial charge in [0.1, 0.15) is 0 Å². The number of anilines is 5. The van der Waals surface area contributed by atoms with Gasteiger partial charge in [-0.05, 0) is 337 Å². The molecule has 0 aliphatic heterocycles. The number of hydrogen-bond acceptors (Lipinski definition) is 2. The number of para-hydroxylation sites is 1. The third kappa shape index (κ3) is 10.7. The molecule has 16 aromatic rings. The number of aryl methyl sites for hydroxylation is 3. The summed E-state index contributed by atoms with van der Waals surface area (Å²) >= 11 is 2.81. The van der Waals surface area contributed by atoms with Crippen LogP contribution in [0.3, 0.4) is 0 Å². The summed E-state index contributed by atoms with van der Waals surface area (Å²) in [6.07, 6.45) is 22.1. The van der Waals surface area contributed by atoms with Gasteiger partial charge in [-0.1, -0.05) is 368 Å². The number of rotatable bonds is 11. The number of fused-ring (bicyclic) bond motifs is 37. The average molecular weight is 1800 g/mol. The molecule has 632 valence electrons. The van der Waals surface area contributed by atoms with E-state index in [2.05, 4.69) is 411 Å². The molecule has 4 spiro atoms. The molecule has 12 aliphatic rings. The molecular formula is C128H103IN2. The number of nitrogens with zero attached hydrogens (tertiary/aromatic N) is 2. The first kappa shape index (κ1) is 77.1. The Morgan fingerprint density at radius 1 is 0.321 bits per heavy atom. The van der Waals surface area contributed by atoms with E-state index in [0.717, 1.165) is 37.0 Å². The molecule has 0 radical (unpaired) electrons. The van der Waals surface area contributed by atoms with Crippen LogP contribution in [-0.4, -0.2) is 3.92 Å². The van der Waals surface area contributed by atoms with Gasteiger partial charge in [-0.2, -0.15) is 0 Å². The van der Waals surface area contributed by atoms with E-state index in [1.54, 1.807) is 22.3 Å². The van der Waals surface area contributed by atoms with E-state index in [1.807, 2.05) is 0 Å². The van der Waals surface area contributed by atoms with Crippen LogP contribution < -0.4 is 9.80 Å². The Morgan fingerprint density at radius 3 is 1.56 bits per heavy atom. The maximum absolute atomic E-state index is 2.81. The summed E-state index contributed by atoms with van der Waals surface area (Å²) in [5.74, 6) is 4.21. The van der Waals surface area contributed by atoms with Crippen LogP contribution in [0.2, 0.25) is 0 Å². The summed E-state index contributed by atoms with van der Waals surface area (Å²) in [7, 11) is 0. The number of benzene rings is 16. The molecule has 0 N–H and O–H groups in total. The summed E-state index contributed by atoms with van der Waals surface area (Å²) < 4.78 is 0.706. The second-order valence-corrected chi connectivity index (χ2v) is 42.9. The smallest absolute Gasteiger partial charge is 0.0726 e. The number of hydrogen-bond donors (Lipinski definition) is 0. The largest absolute Gasteiger partial charge is 0.310 e. The van der Waals surface area contributed by atoms with Crippen molar-refractivity contribution < 1.29 is 0 Å². The van der Waals surface area contributed by atoms with Crippen LogP contribution in [0.4, 0.5) is 28.4 Å². The zero-order valence-corrected chi connectivity index (χ0v) is 76.9. The van der Waals surface area contributed by atoms with Crippen molar-refractivity contribution in [2.45, 2.75) is 136 Å². The lowest BCUT2D eigenvalue weighted by molar-refractivity contribution is 0.124. The molecule has 5 fully saturated rings. The van der Waals surface area contributed by atoms with Crippen LogP contribution in [-0.2, 0) is 28.1 Å². The molecule has 11 unspecified atom stereocenters. The molecule has 5 bridgehead atoms. The van der Waals surface area contributed by atoms with E-state index < -0.39 is 10.8 Å². The van der Waals surface area contributed by atoms with Crippen molar-refractivity contribution in [1.29, 1.82) is 0 Å². The predicted molar refractivity (Wildman–Crippen MR) is 550 cm³/mol. The van der Waals surface area contributed by atoms with Gasteiger partial charge in [0.05, 0.1) is 33.6 Å². The van der Waals surface area contributed by atoms with E-state index in [4.69, 9.17) is 0 Å². The van der Waals surface area contributed by atoms with Gasteiger partial charge < -0.3 is 9.80 Å². The Hall–Kier alpha value is -12.7. The van der Waals surface area contributed by atoms with E-state index in [0.29, 0.717) is 21.7 Å². The Kier molecular flexibility index (Phi) is 17.0. The van der Waals surface area contributed by atoms with Gasteiger partial charge in [0, 0.05) is 42.8 Å². The quantitative estimate of drug-likeness (QED) is 0.0941. The van der Waals surface area contributed by atoms with Gasteiger partial charge >= 0.3 is 0 Å². The Bertz CT molecular complexity index is 7620. The minimum Gasteiger partial charge on any atom is -0.310 e. The zero-order chi connectivity index (χ0) is 86.5. The highest BCUT2D eigenvalue weighted by Crippen LogP contribution is 2.74. The van der Waals surface area contributed by atoms with Gasteiger partial charge in [-0.25, -0.2) is 0 Å². The SMILES string of the molecule is Cc1ccc2c(c1)-c1ccc(C)cc1C21c2ccccc2-c2c(N(c3ccccc3-c3ccc(-c4ccc(Cc5ccc6c(c5)-c5ccc(C)cc5C65c6ccccc6-c6c(N(C7=C(c8ccccc8)CCC=C7)c7ccc8c(c7)C7(CCC9CC(I)CC7C9)c7ccccc7-8)cccc65)cc4)cc3)c3cccc4c3C3(c5ccccc5-4)C4CCCC5CC3CC5C4)cccc21. The van der Waals surface area contributed by atoms with Crippen molar-refractivity contribution in [3.05, 3.63) is 464 Å². The third-order valence-electron chi connectivity index (χ3n) is 35.0. The molecule has 0 amide bonds. The fourth-order valence-electron chi connectivity index (χ4n) is 30.1. The summed E-state index contributed by atoms with van der Waals surface area (Å²) in [6.45, 7) is 6.84.